The maximum Gasteiger partial charge on any atom is 0.0495 e. The van der Waals surface area contributed by atoms with Crippen LogP contribution in [0.4, 0.5) is 0 Å². The molecule has 0 N–H and O–H groups in total. The van der Waals surface area contributed by atoms with Crippen LogP contribution in [0.2, 0.25) is 0 Å². The number of thiophene rings is 4. The Balaban J connectivity index is 1.85. The van der Waals surface area contributed by atoms with Gasteiger partial charge in [0.1, 0.15) is 0 Å². The van der Waals surface area contributed by atoms with E-state index >= 15 is 0 Å². The van der Waals surface area contributed by atoms with E-state index in [1.807, 2.05) is 45.3 Å². The van der Waals surface area contributed by atoms with E-state index in [1.165, 1.54) is 28.6 Å². The Labute approximate surface area is 185 Å². The quantitative estimate of drug-likeness (QED) is 0.286. The molecule has 150 valence electrons. The van der Waals surface area contributed by atoms with Gasteiger partial charge in [0.15, 0.2) is 0 Å². The molecular weight excluding hydrogens is 417 g/mol. The molecule has 0 aromatic carbocycles. The highest BCUT2D eigenvalue weighted by Gasteiger charge is 2.23. The highest BCUT2D eigenvalue weighted by atomic mass is 32.1. The summed E-state index contributed by atoms with van der Waals surface area (Å²) in [6, 6.07) is 4.91. The lowest BCUT2D eigenvalue weighted by Gasteiger charge is -2.10. The Morgan fingerprint density at radius 1 is 0.500 bits per heavy atom. The zero-order valence-corrected chi connectivity index (χ0v) is 21.4. The van der Waals surface area contributed by atoms with E-state index < -0.39 is 0 Å². The summed E-state index contributed by atoms with van der Waals surface area (Å²) in [5.41, 5.74) is 3.18. The lowest BCUT2D eigenvalue weighted by Crippen LogP contribution is -1.92. The van der Waals surface area contributed by atoms with Crippen LogP contribution in [0.5, 0.6) is 0 Å². The third kappa shape index (κ3) is 3.30. The smallest absolute Gasteiger partial charge is 0.0495 e. The summed E-state index contributed by atoms with van der Waals surface area (Å²) in [7, 11) is 0. The number of fused-ring (bicyclic) bond motifs is 2. The molecule has 0 saturated carbocycles. The third-order valence-electron chi connectivity index (χ3n) is 5.30. The fourth-order valence-corrected chi connectivity index (χ4v) is 10.0. The molecule has 28 heavy (non-hydrogen) atoms. The van der Waals surface area contributed by atoms with Gasteiger partial charge >= 0.3 is 0 Å². The largest absolute Gasteiger partial charge is 0.139 e. The molecule has 0 fully saturated rings. The first-order valence-electron chi connectivity index (χ1n) is 10.3. The molecular formula is C24H30S4. The second-order valence-corrected chi connectivity index (χ2v) is 13.3. The standard InChI is InChI=1S/C24H30S4/c1-11(2)19-21(13(5)6)27-17-9-15(25-23(17)19)16-10-18-24(26-16)20(12(3)4)22(28-18)14(7)8/h9-14H,1-8H3. The average molecular weight is 447 g/mol. The van der Waals surface area contributed by atoms with Crippen molar-refractivity contribution in [1.29, 1.82) is 0 Å². The summed E-state index contributed by atoms with van der Waals surface area (Å²) in [5, 5.41) is 0. The van der Waals surface area contributed by atoms with Crippen molar-refractivity contribution in [2.75, 3.05) is 0 Å². The number of rotatable bonds is 5. The molecule has 0 aliphatic heterocycles. The highest BCUT2D eigenvalue weighted by molar-refractivity contribution is 7.34. The van der Waals surface area contributed by atoms with E-state index in [-0.39, 0.29) is 0 Å². The molecule has 4 heteroatoms. The first-order chi connectivity index (χ1) is 13.2. The van der Waals surface area contributed by atoms with Gasteiger partial charge in [0, 0.05) is 38.3 Å². The van der Waals surface area contributed by atoms with Gasteiger partial charge in [-0.25, -0.2) is 0 Å². The van der Waals surface area contributed by atoms with Gasteiger partial charge in [-0.3, -0.25) is 0 Å². The Bertz CT molecular complexity index is 1030. The second kappa shape index (κ2) is 7.54. The van der Waals surface area contributed by atoms with Crippen LogP contribution in [-0.4, -0.2) is 0 Å². The van der Waals surface area contributed by atoms with Gasteiger partial charge in [-0.2, -0.15) is 0 Å². The molecule has 0 saturated heterocycles. The van der Waals surface area contributed by atoms with Crippen molar-refractivity contribution in [2.24, 2.45) is 0 Å². The van der Waals surface area contributed by atoms with Crippen molar-refractivity contribution in [2.45, 2.75) is 79.1 Å². The molecule has 0 aliphatic carbocycles. The molecule has 0 aliphatic rings. The Hall–Kier alpha value is -0.680. The van der Waals surface area contributed by atoms with E-state index in [4.69, 9.17) is 0 Å². The van der Waals surface area contributed by atoms with E-state index in [0.717, 1.165) is 0 Å². The minimum atomic E-state index is 0.589. The zero-order valence-electron chi connectivity index (χ0n) is 18.1. The molecule has 0 atom stereocenters. The molecule has 0 amide bonds. The third-order valence-corrected chi connectivity index (χ3v) is 11.0. The minimum Gasteiger partial charge on any atom is -0.139 e. The molecule has 4 heterocycles. The van der Waals surface area contributed by atoms with Gasteiger partial charge in [-0.1, -0.05) is 55.4 Å². The monoisotopic (exact) mass is 446 g/mol. The van der Waals surface area contributed by atoms with Gasteiger partial charge < -0.3 is 0 Å². The first-order valence-corrected chi connectivity index (χ1v) is 13.6. The van der Waals surface area contributed by atoms with Crippen molar-refractivity contribution in [3.05, 3.63) is 33.0 Å². The van der Waals surface area contributed by atoms with Crippen molar-refractivity contribution in [3.8, 4) is 9.75 Å². The van der Waals surface area contributed by atoms with Crippen LogP contribution in [0, 0.1) is 0 Å². The van der Waals surface area contributed by atoms with E-state index in [2.05, 4.69) is 67.5 Å². The molecule has 4 rings (SSSR count). The lowest BCUT2D eigenvalue weighted by molar-refractivity contribution is 0.816. The minimum absolute atomic E-state index is 0.589. The van der Waals surface area contributed by atoms with Crippen LogP contribution >= 0.6 is 45.3 Å². The Morgan fingerprint density at radius 2 is 0.857 bits per heavy atom. The van der Waals surface area contributed by atoms with Crippen molar-refractivity contribution < 1.29 is 0 Å². The summed E-state index contributed by atoms with van der Waals surface area (Å²) in [6.45, 7) is 18.7. The van der Waals surface area contributed by atoms with Crippen LogP contribution in [-0.2, 0) is 0 Å². The maximum absolute atomic E-state index is 2.45. The highest BCUT2D eigenvalue weighted by Crippen LogP contribution is 2.50. The average Bonchev–Trinajstić information content (AvgIpc) is 3.29. The fraction of sp³-hybridized carbons (Fsp3) is 0.500. The van der Waals surface area contributed by atoms with Gasteiger partial charge in [0.25, 0.3) is 0 Å². The fourth-order valence-electron chi connectivity index (χ4n) is 4.04. The summed E-state index contributed by atoms with van der Waals surface area (Å²) >= 11 is 8.06. The normalized spacial score (nSPS) is 12.9. The maximum atomic E-state index is 2.45. The van der Waals surface area contributed by atoms with Crippen molar-refractivity contribution in [1.82, 2.24) is 0 Å². The van der Waals surface area contributed by atoms with Gasteiger partial charge in [-0.05, 0) is 46.9 Å². The Kier molecular flexibility index (Phi) is 5.54. The van der Waals surface area contributed by atoms with Gasteiger partial charge in [0.2, 0.25) is 0 Å². The number of hydrogen-bond acceptors (Lipinski definition) is 4. The first kappa shape index (κ1) is 20.6. The predicted molar refractivity (Wildman–Crippen MR) is 135 cm³/mol. The van der Waals surface area contributed by atoms with Crippen LogP contribution in [0.25, 0.3) is 28.6 Å². The second-order valence-electron chi connectivity index (χ2n) is 8.99. The molecule has 0 nitrogen and oxygen atoms in total. The SMILES string of the molecule is CC(C)c1sc2cc(-c3cc4sc(C(C)C)c(C(C)C)c4s3)sc2c1C(C)C. The Morgan fingerprint density at radius 3 is 1.14 bits per heavy atom. The summed E-state index contributed by atoms with van der Waals surface area (Å²) < 4.78 is 6.03. The summed E-state index contributed by atoms with van der Waals surface area (Å²) in [5.74, 6) is 2.40. The van der Waals surface area contributed by atoms with Crippen molar-refractivity contribution >= 4 is 64.1 Å². The molecule has 0 bridgehead atoms. The van der Waals surface area contributed by atoms with Crippen LogP contribution in [0.3, 0.4) is 0 Å². The molecule has 0 spiro atoms. The van der Waals surface area contributed by atoms with Gasteiger partial charge in [-0.15, -0.1) is 45.3 Å². The van der Waals surface area contributed by atoms with Crippen LogP contribution < -0.4 is 0 Å². The van der Waals surface area contributed by atoms with E-state index in [1.54, 1.807) is 20.9 Å². The van der Waals surface area contributed by atoms with Gasteiger partial charge in [0.05, 0.1) is 0 Å². The summed E-state index contributed by atoms with van der Waals surface area (Å²) in [6.07, 6.45) is 0. The van der Waals surface area contributed by atoms with Crippen LogP contribution in [0.1, 0.15) is 99.9 Å². The van der Waals surface area contributed by atoms with E-state index in [9.17, 15) is 0 Å². The van der Waals surface area contributed by atoms with Crippen LogP contribution in [0.15, 0.2) is 12.1 Å². The van der Waals surface area contributed by atoms with Crippen molar-refractivity contribution in [3.63, 3.8) is 0 Å². The summed E-state index contributed by atoms with van der Waals surface area (Å²) in [4.78, 5) is 6.07. The van der Waals surface area contributed by atoms with E-state index in [0.29, 0.717) is 23.7 Å². The lowest BCUT2D eigenvalue weighted by atomic mass is 9.99. The topological polar surface area (TPSA) is 0 Å². The zero-order chi connectivity index (χ0) is 20.3. The number of hydrogen-bond donors (Lipinski definition) is 0. The molecule has 0 unspecified atom stereocenters. The predicted octanol–water partition coefficient (Wildman–Crippen LogP) is 10.4. The molecule has 4 aromatic heterocycles. The molecule has 0 radical (unpaired) electrons. The molecule has 4 aromatic rings.